The fourth-order valence-corrected chi connectivity index (χ4v) is 6.19. The van der Waals surface area contributed by atoms with Crippen molar-refractivity contribution < 1.29 is 17.9 Å². The predicted molar refractivity (Wildman–Crippen MR) is 129 cm³/mol. The molecule has 2 saturated heterocycles. The Morgan fingerprint density at radius 2 is 1.61 bits per heavy atom. The van der Waals surface area contributed by atoms with Crippen molar-refractivity contribution >= 4 is 21.6 Å². The van der Waals surface area contributed by atoms with E-state index in [4.69, 9.17) is 4.74 Å². The van der Waals surface area contributed by atoms with Gasteiger partial charge in [-0.3, -0.25) is 4.79 Å². The number of rotatable bonds is 7. The van der Waals surface area contributed by atoms with E-state index in [9.17, 15) is 13.2 Å². The first-order valence-electron chi connectivity index (χ1n) is 11.7. The standard InChI is InChI=1S/C25H33N3O4S/c1-32-24-12-11-23(33(30,31)28-14-6-3-7-15-28)20-21(24)10-13-25(29)27-18-16-26(17-19-27)22-8-4-2-5-9-22/h2,4-5,8-9,11-12,20H,3,6-7,10,13-19H2,1H3. The summed E-state index contributed by atoms with van der Waals surface area (Å²) in [5.41, 5.74) is 1.94. The van der Waals surface area contributed by atoms with Gasteiger partial charge < -0.3 is 14.5 Å². The van der Waals surface area contributed by atoms with Crippen LogP contribution in [0.15, 0.2) is 53.4 Å². The van der Waals surface area contributed by atoms with Crippen molar-refractivity contribution in [1.82, 2.24) is 9.21 Å². The maximum atomic E-state index is 13.1. The normalized spacial score (nSPS) is 17.7. The van der Waals surface area contributed by atoms with E-state index < -0.39 is 10.0 Å². The highest BCUT2D eigenvalue weighted by Crippen LogP contribution is 2.27. The number of ether oxygens (including phenoxy) is 1. The maximum Gasteiger partial charge on any atom is 0.243 e. The first-order valence-corrected chi connectivity index (χ1v) is 13.2. The number of carbonyl (C=O) groups is 1. The molecule has 8 heteroatoms. The van der Waals surface area contributed by atoms with Crippen LogP contribution in [-0.4, -0.2) is 69.9 Å². The molecule has 2 aromatic rings. The van der Waals surface area contributed by atoms with Crippen LogP contribution in [0, 0.1) is 0 Å². The van der Waals surface area contributed by atoms with Crippen LogP contribution in [0.2, 0.25) is 0 Å². The average Bonchev–Trinajstić information content (AvgIpc) is 2.88. The van der Waals surface area contributed by atoms with Gasteiger partial charge >= 0.3 is 0 Å². The zero-order valence-electron chi connectivity index (χ0n) is 19.3. The average molecular weight is 472 g/mol. The van der Waals surface area contributed by atoms with E-state index in [1.807, 2.05) is 23.1 Å². The lowest BCUT2D eigenvalue weighted by Crippen LogP contribution is -2.48. The Labute approximate surface area is 197 Å². The van der Waals surface area contributed by atoms with Gasteiger partial charge in [0.25, 0.3) is 0 Å². The molecule has 0 atom stereocenters. The van der Waals surface area contributed by atoms with Crippen molar-refractivity contribution in [1.29, 1.82) is 0 Å². The number of benzene rings is 2. The summed E-state index contributed by atoms with van der Waals surface area (Å²) in [4.78, 5) is 17.4. The second-order valence-corrected chi connectivity index (χ2v) is 10.6. The number of aryl methyl sites for hydroxylation is 1. The van der Waals surface area contributed by atoms with Gasteiger partial charge in [-0.1, -0.05) is 24.6 Å². The molecule has 0 radical (unpaired) electrons. The van der Waals surface area contributed by atoms with Crippen molar-refractivity contribution in [3.05, 3.63) is 54.1 Å². The Hall–Kier alpha value is -2.58. The minimum Gasteiger partial charge on any atom is -0.496 e. The molecule has 2 fully saturated rings. The van der Waals surface area contributed by atoms with Gasteiger partial charge in [0, 0.05) is 51.4 Å². The van der Waals surface area contributed by atoms with Crippen LogP contribution in [0.5, 0.6) is 5.75 Å². The summed E-state index contributed by atoms with van der Waals surface area (Å²) in [6.07, 6.45) is 3.64. The van der Waals surface area contributed by atoms with E-state index in [1.54, 1.807) is 29.6 Å². The van der Waals surface area contributed by atoms with Crippen molar-refractivity contribution in [2.24, 2.45) is 0 Å². The summed E-state index contributed by atoms with van der Waals surface area (Å²) in [7, 11) is -1.95. The van der Waals surface area contributed by atoms with Gasteiger partial charge in [-0.25, -0.2) is 8.42 Å². The van der Waals surface area contributed by atoms with Gasteiger partial charge in [0.2, 0.25) is 15.9 Å². The van der Waals surface area contributed by atoms with Gasteiger partial charge in [-0.05, 0) is 55.2 Å². The molecule has 2 aromatic carbocycles. The Morgan fingerprint density at radius 1 is 0.909 bits per heavy atom. The van der Waals surface area contributed by atoms with Crippen LogP contribution in [0.1, 0.15) is 31.2 Å². The molecule has 0 aliphatic carbocycles. The van der Waals surface area contributed by atoms with Gasteiger partial charge in [0.05, 0.1) is 12.0 Å². The molecule has 0 unspecified atom stereocenters. The number of para-hydroxylation sites is 1. The fourth-order valence-electron chi connectivity index (χ4n) is 4.62. The van der Waals surface area contributed by atoms with E-state index in [0.29, 0.717) is 44.8 Å². The molecule has 4 rings (SSSR count). The van der Waals surface area contributed by atoms with Crippen LogP contribution < -0.4 is 9.64 Å². The lowest BCUT2D eigenvalue weighted by molar-refractivity contribution is -0.131. The highest BCUT2D eigenvalue weighted by atomic mass is 32.2. The van der Waals surface area contributed by atoms with E-state index in [0.717, 1.165) is 37.9 Å². The Balaban J connectivity index is 1.38. The summed E-state index contributed by atoms with van der Waals surface area (Å²) in [5.74, 6) is 0.711. The van der Waals surface area contributed by atoms with E-state index in [1.165, 1.54) is 5.69 Å². The zero-order chi connectivity index (χ0) is 23.3. The van der Waals surface area contributed by atoms with Gasteiger partial charge in [-0.2, -0.15) is 4.31 Å². The molecule has 7 nitrogen and oxygen atoms in total. The molecule has 33 heavy (non-hydrogen) atoms. The smallest absolute Gasteiger partial charge is 0.243 e. The minimum absolute atomic E-state index is 0.0917. The number of anilines is 1. The highest BCUT2D eigenvalue weighted by molar-refractivity contribution is 7.89. The summed E-state index contributed by atoms with van der Waals surface area (Å²) < 4.78 is 33.2. The molecule has 0 spiro atoms. The fraction of sp³-hybridized carbons (Fsp3) is 0.480. The molecular formula is C25H33N3O4S. The second-order valence-electron chi connectivity index (χ2n) is 8.64. The largest absolute Gasteiger partial charge is 0.496 e. The first kappa shape index (κ1) is 23.6. The quantitative estimate of drug-likeness (QED) is 0.621. The van der Waals surface area contributed by atoms with Crippen molar-refractivity contribution in [2.75, 3.05) is 51.3 Å². The van der Waals surface area contributed by atoms with Crippen molar-refractivity contribution in [3.8, 4) is 5.75 Å². The topological polar surface area (TPSA) is 70.2 Å². The van der Waals surface area contributed by atoms with E-state index in [-0.39, 0.29) is 10.8 Å². The number of carbonyl (C=O) groups excluding carboxylic acids is 1. The molecule has 0 N–H and O–H groups in total. The van der Waals surface area contributed by atoms with E-state index >= 15 is 0 Å². The van der Waals surface area contributed by atoms with Crippen molar-refractivity contribution in [3.63, 3.8) is 0 Å². The van der Waals surface area contributed by atoms with Crippen LogP contribution in [0.3, 0.4) is 0 Å². The summed E-state index contributed by atoms with van der Waals surface area (Å²) >= 11 is 0. The summed E-state index contributed by atoms with van der Waals surface area (Å²) in [6, 6.07) is 15.2. The molecular weight excluding hydrogens is 438 g/mol. The van der Waals surface area contributed by atoms with Gasteiger partial charge in [0.15, 0.2) is 0 Å². The molecule has 0 saturated carbocycles. The SMILES string of the molecule is COc1ccc(S(=O)(=O)N2CCCCC2)cc1CCC(=O)N1CCN(c2ccccc2)CC1. The lowest BCUT2D eigenvalue weighted by atomic mass is 10.1. The Kier molecular flexibility index (Phi) is 7.55. The minimum atomic E-state index is -3.52. The van der Waals surface area contributed by atoms with Gasteiger partial charge in [-0.15, -0.1) is 0 Å². The van der Waals surface area contributed by atoms with Crippen LogP contribution >= 0.6 is 0 Å². The first-order chi connectivity index (χ1) is 16.0. The highest BCUT2D eigenvalue weighted by Gasteiger charge is 2.27. The number of nitrogens with zero attached hydrogens (tertiary/aromatic N) is 3. The molecule has 2 heterocycles. The summed E-state index contributed by atoms with van der Waals surface area (Å²) in [5, 5.41) is 0. The third kappa shape index (κ3) is 5.50. The number of amides is 1. The number of piperazine rings is 1. The van der Waals surface area contributed by atoms with E-state index in [2.05, 4.69) is 17.0 Å². The van der Waals surface area contributed by atoms with Crippen LogP contribution in [0.25, 0.3) is 0 Å². The molecule has 2 aliphatic rings. The number of hydrogen-bond acceptors (Lipinski definition) is 5. The van der Waals surface area contributed by atoms with Crippen LogP contribution in [0.4, 0.5) is 5.69 Å². The number of piperidine rings is 1. The molecule has 178 valence electrons. The Morgan fingerprint density at radius 3 is 2.27 bits per heavy atom. The predicted octanol–water partition coefficient (Wildman–Crippen LogP) is 3.15. The third-order valence-electron chi connectivity index (χ3n) is 6.57. The molecule has 1 amide bonds. The number of sulfonamides is 1. The van der Waals surface area contributed by atoms with Crippen LogP contribution in [-0.2, 0) is 21.2 Å². The third-order valence-corrected chi connectivity index (χ3v) is 8.46. The molecule has 0 aromatic heterocycles. The Bertz CT molecular complexity index is 1040. The molecule has 2 aliphatic heterocycles. The number of methoxy groups -OCH3 is 1. The number of hydrogen-bond donors (Lipinski definition) is 0. The van der Waals surface area contributed by atoms with Gasteiger partial charge in [0.1, 0.15) is 5.75 Å². The zero-order valence-corrected chi connectivity index (χ0v) is 20.1. The summed E-state index contributed by atoms with van der Waals surface area (Å²) in [6.45, 7) is 4.13. The lowest BCUT2D eigenvalue weighted by Gasteiger charge is -2.36. The second kappa shape index (κ2) is 10.6. The molecule has 0 bridgehead atoms. The maximum absolute atomic E-state index is 13.1. The monoisotopic (exact) mass is 471 g/mol. The van der Waals surface area contributed by atoms with Crippen molar-refractivity contribution in [2.45, 2.75) is 37.0 Å².